The van der Waals surface area contributed by atoms with Crippen LogP contribution in [0.15, 0.2) is 66.5 Å². The van der Waals surface area contributed by atoms with Gasteiger partial charge in [0, 0.05) is 47.9 Å². The Bertz CT molecular complexity index is 607. The van der Waals surface area contributed by atoms with E-state index in [0.29, 0.717) is 0 Å². The number of hydrogen-bond donors (Lipinski definition) is 0. The fraction of sp³-hybridized carbons (Fsp3) is 0.300. The highest BCUT2D eigenvalue weighted by Gasteiger charge is 2.46. The molecule has 0 heterocycles. The molecule has 2 rings (SSSR count). The van der Waals surface area contributed by atoms with Crippen molar-refractivity contribution in [2.75, 3.05) is 42.3 Å². The van der Waals surface area contributed by atoms with Crippen molar-refractivity contribution in [2.24, 2.45) is 0 Å². The second-order valence-corrected chi connectivity index (χ2v) is 10.3. The summed E-state index contributed by atoms with van der Waals surface area (Å²) in [5.41, 5.74) is 3.78. The Hall–Kier alpha value is -1.22. The largest absolute Gasteiger partial charge is 1.00 e. The SMILES string of the molecule is CN(C)[P+](C=C(c1ccccc1)c1ccccc1)(N(C)C)N(C)C.[Cl-]. The summed E-state index contributed by atoms with van der Waals surface area (Å²) in [6.45, 7) is 0. The van der Waals surface area contributed by atoms with Gasteiger partial charge in [0.2, 0.25) is 0 Å². The van der Waals surface area contributed by atoms with Gasteiger partial charge in [0.15, 0.2) is 0 Å². The molecule has 0 fully saturated rings. The van der Waals surface area contributed by atoms with E-state index < -0.39 is 7.71 Å². The molecule has 0 aliphatic rings. The zero-order chi connectivity index (χ0) is 17.7. The number of benzene rings is 2. The Morgan fingerprint density at radius 1 is 0.640 bits per heavy atom. The lowest BCUT2D eigenvalue weighted by Gasteiger charge is -2.38. The number of halogens is 1. The quantitative estimate of drug-likeness (QED) is 0.707. The van der Waals surface area contributed by atoms with Crippen molar-refractivity contribution in [3.05, 3.63) is 77.6 Å². The molecule has 0 aliphatic heterocycles. The van der Waals surface area contributed by atoms with Crippen molar-refractivity contribution >= 4 is 13.3 Å². The first-order valence-corrected chi connectivity index (χ1v) is 9.87. The van der Waals surface area contributed by atoms with Gasteiger partial charge in [-0.15, -0.1) is 0 Å². The van der Waals surface area contributed by atoms with Gasteiger partial charge in [0.05, 0.1) is 0 Å². The monoisotopic (exact) mass is 377 g/mol. The average molecular weight is 378 g/mol. The third-order valence-electron chi connectivity index (χ3n) is 4.24. The summed E-state index contributed by atoms with van der Waals surface area (Å²) < 4.78 is 7.04. The molecule has 0 aromatic heterocycles. The Morgan fingerprint density at radius 2 is 0.960 bits per heavy atom. The van der Waals surface area contributed by atoms with E-state index >= 15 is 0 Å². The molecular formula is C20H29ClN3P. The number of nitrogens with zero attached hydrogens (tertiary/aromatic N) is 3. The first kappa shape index (κ1) is 21.8. The van der Waals surface area contributed by atoms with Crippen LogP contribution in [0.25, 0.3) is 5.57 Å². The van der Waals surface area contributed by atoms with E-state index in [4.69, 9.17) is 0 Å². The number of rotatable bonds is 6. The van der Waals surface area contributed by atoms with Gasteiger partial charge in [-0.25, -0.2) is 0 Å². The van der Waals surface area contributed by atoms with Crippen LogP contribution in [0.2, 0.25) is 0 Å². The topological polar surface area (TPSA) is 9.72 Å². The Morgan fingerprint density at radius 3 is 1.24 bits per heavy atom. The molecule has 0 unspecified atom stereocenters. The molecule has 0 saturated heterocycles. The fourth-order valence-corrected chi connectivity index (χ4v) is 6.63. The lowest BCUT2D eigenvalue weighted by molar-refractivity contribution is -0.00000509. The highest BCUT2D eigenvalue weighted by atomic mass is 35.5. The van der Waals surface area contributed by atoms with Gasteiger partial charge < -0.3 is 12.4 Å². The fourth-order valence-electron chi connectivity index (χ4n) is 3.14. The normalized spacial score (nSPS) is 11.6. The molecule has 0 atom stereocenters. The molecule has 25 heavy (non-hydrogen) atoms. The molecule has 2 aromatic carbocycles. The zero-order valence-corrected chi connectivity index (χ0v) is 17.7. The summed E-state index contributed by atoms with van der Waals surface area (Å²) in [5, 5.41) is 0. The molecular weight excluding hydrogens is 349 g/mol. The Kier molecular flexibility index (Phi) is 8.27. The zero-order valence-electron chi connectivity index (χ0n) is 16.0. The summed E-state index contributed by atoms with van der Waals surface area (Å²) in [5.74, 6) is 2.46. The van der Waals surface area contributed by atoms with Gasteiger partial charge in [-0.2, -0.15) is 14.0 Å². The van der Waals surface area contributed by atoms with Crippen molar-refractivity contribution in [2.45, 2.75) is 0 Å². The lowest BCUT2D eigenvalue weighted by atomic mass is 10.00. The molecule has 3 nitrogen and oxygen atoms in total. The molecule has 0 bridgehead atoms. The van der Waals surface area contributed by atoms with Gasteiger partial charge in [0.25, 0.3) is 7.71 Å². The highest BCUT2D eigenvalue weighted by molar-refractivity contribution is 7.72. The summed E-state index contributed by atoms with van der Waals surface area (Å²) >= 11 is 0. The van der Waals surface area contributed by atoms with Crippen molar-refractivity contribution in [3.8, 4) is 0 Å². The lowest BCUT2D eigenvalue weighted by Crippen LogP contribution is -3.00. The Balaban J connectivity index is 0.00000312. The van der Waals surface area contributed by atoms with E-state index in [1.807, 2.05) is 0 Å². The summed E-state index contributed by atoms with van der Waals surface area (Å²) in [7, 11) is 11.2. The van der Waals surface area contributed by atoms with Gasteiger partial charge in [-0.3, -0.25) is 0 Å². The van der Waals surface area contributed by atoms with Crippen LogP contribution < -0.4 is 12.4 Å². The predicted molar refractivity (Wildman–Crippen MR) is 108 cm³/mol. The van der Waals surface area contributed by atoms with Crippen LogP contribution in [-0.2, 0) is 0 Å². The van der Waals surface area contributed by atoms with Crippen LogP contribution in [0.4, 0.5) is 0 Å². The predicted octanol–water partition coefficient (Wildman–Crippen LogP) is 1.53. The van der Waals surface area contributed by atoms with E-state index in [0.717, 1.165) is 0 Å². The van der Waals surface area contributed by atoms with Crippen LogP contribution >= 0.6 is 7.71 Å². The maximum Gasteiger partial charge on any atom is 0.253 e. The molecule has 0 saturated carbocycles. The third kappa shape index (κ3) is 4.69. The van der Waals surface area contributed by atoms with Gasteiger partial charge in [-0.1, -0.05) is 60.7 Å². The third-order valence-corrected chi connectivity index (χ3v) is 8.37. The molecule has 5 heteroatoms. The summed E-state index contributed by atoms with van der Waals surface area (Å²) in [6, 6.07) is 21.3. The first-order valence-electron chi connectivity index (χ1n) is 8.15. The Labute approximate surface area is 159 Å². The highest BCUT2D eigenvalue weighted by Crippen LogP contribution is 2.66. The van der Waals surface area contributed by atoms with Crippen LogP contribution in [0.5, 0.6) is 0 Å². The van der Waals surface area contributed by atoms with Crippen molar-refractivity contribution in [1.82, 2.24) is 14.0 Å². The second-order valence-electron chi connectivity index (χ2n) is 6.43. The van der Waals surface area contributed by atoms with Gasteiger partial charge in [-0.05, 0) is 11.1 Å². The van der Waals surface area contributed by atoms with Crippen molar-refractivity contribution in [3.63, 3.8) is 0 Å². The molecule has 0 N–H and O–H groups in total. The van der Waals surface area contributed by atoms with Crippen LogP contribution in [0, 0.1) is 0 Å². The maximum absolute atomic E-state index is 2.46. The smallest absolute Gasteiger partial charge is 0.253 e. The molecule has 0 spiro atoms. The molecule has 0 aliphatic carbocycles. The van der Waals surface area contributed by atoms with E-state index in [9.17, 15) is 0 Å². The molecule has 0 radical (unpaired) electrons. The minimum atomic E-state index is -1.76. The van der Waals surface area contributed by atoms with Crippen molar-refractivity contribution in [1.29, 1.82) is 0 Å². The average Bonchev–Trinajstić information content (AvgIpc) is 2.56. The van der Waals surface area contributed by atoms with E-state index in [2.05, 4.69) is 123 Å². The van der Waals surface area contributed by atoms with E-state index in [1.54, 1.807) is 0 Å². The van der Waals surface area contributed by atoms with Gasteiger partial charge >= 0.3 is 0 Å². The van der Waals surface area contributed by atoms with Crippen molar-refractivity contribution < 1.29 is 12.4 Å². The molecule has 136 valence electrons. The van der Waals surface area contributed by atoms with E-state index in [1.165, 1.54) is 16.7 Å². The van der Waals surface area contributed by atoms with Crippen LogP contribution in [0.1, 0.15) is 11.1 Å². The maximum atomic E-state index is 2.46. The molecule has 0 amide bonds. The number of hydrogen-bond acceptors (Lipinski definition) is 3. The first-order chi connectivity index (χ1) is 11.4. The molecule has 2 aromatic rings. The summed E-state index contributed by atoms with van der Waals surface area (Å²) in [4.78, 5) is 0. The standard InChI is InChI=1S/C20H29N3P.ClH/c1-21(2)24(22(3)4,23(5)6)17-20(18-13-9-7-10-14-18)19-15-11-8-12-16-19;/h7-17H,1-6H3;1H/q+1;/p-1. The van der Waals surface area contributed by atoms with Crippen LogP contribution in [0.3, 0.4) is 0 Å². The summed E-state index contributed by atoms with van der Waals surface area (Å²) in [6.07, 6.45) is 0. The van der Waals surface area contributed by atoms with E-state index in [-0.39, 0.29) is 12.4 Å². The van der Waals surface area contributed by atoms with Crippen LogP contribution in [-0.4, -0.2) is 56.3 Å². The minimum Gasteiger partial charge on any atom is -1.00 e. The van der Waals surface area contributed by atoms with Gasteiger partial charge in [0.1, 0.15) is 5.82 Å². The second kappa shape index (κ2) is 9.47. The minimum absolute atomic E-state index is 0.